The molecule has 2 saturated carbocycles. The molecule has 4 heterocycles. The van der Waals surface area contributed by atoms with Gasteiger partial charge in [0, 0.05) is 48.8 Å². The molecule has 0 radical (unpaired) electrons. The summed E-state index contributed by atoms with van der Waals surface area (Å²) in [6, 6.07) is 9.49. The molecule has 1 aromatic carbocycles. The number of urea groups is 1. The van der Waals surface area contributed by atoms with Crippen LogP contribution in [-0.2, 0) is 27.3 Å². The lowest BCUT2D eigenvalue weighted by atomic mass is 10.0. The van der Waals surface area contributed by atoms with Crippen molar-refractivity contribution in [3.8, 4) is 0 Å². The van der Waals surface area contributed by atoms with Crippen LogP contribution in [0.1, 0.15) is 37.8 Å². The molecule has 3 atom stereocenters. The van der Waals surface area contributed by atoms with Crippen molar-refractivity contribution < 1.29 is 19.1 Å². The first-order valence-corrected chi connectivity index (χ1v) is 13.2. The predicted molar refractivity (Wildman–Crippen MR) is 137 cm³/mol. The van der Waals surface area contributed by atoms with Crippen LogP contribution in [0, 0.1) is 17.8 Å². The summed E-state index contributed by atoms with van der Waals surface area (Å²) in [5.74, 6) is 1.89. The summed E-state index contributed by atoms with van der Waals surface area (Å²) in [6.07, 6.45) is 4.42. The zero-order chi connectivity index (χ0) is 25.5. The Morgan fingerprint density at radius 2 is 1.92 bits per heavy atom. The lowest BCUT2D eigenvalue weighted by Crippen LogP contribution is -2.43. The van der Waals surface area contributed by atoms with E-state index in [0.29, 0.717) is 36.7 Å². The number of benzene rings is 1. The molecule has 2 saturated heterocycles. The van der Waals surface area contributed by atoms with Gasteiger partial charge in [-0.2, -0.15) is 0 Å². The Balaban J connectivity index is 1.12. The van der Waals surface area contributed by atoms with E-state index in [-0.39, 0.29) is 23.8 Å². The van der Waals surface area contributed by atoms with Crippen molar-refractivity contribution in [2.24, 2.45) is 17.8 Å². The van der Waals surface area contributed by atoms with E-state index in [1.54, 1.807) is 24.9 Å². The lowest BCUT2D eigenvalue weighted by molar-refractivity contribution is -0.123. The van der Waals surface area contributed by atoms with Crippen molar-refractivity contribution in [3.05, 3.63) is 47.7 Å². The fraction of sp³-hybridized carbons (Fsp3) is 0.500. The number of hydrogen-bond donors (Lipinski definition) is 1. The summed E-state index contributed by atoms with van der Waals surface area (Å²) in [4.78, 5) is 49.2. The first-order valence-electron chi connectivity index (χ1n) is 13.2. The maximum atomic E-state index is 13.7. The van der Waals surface area contributed by atoms with E-state index >= 15 is 0 Å². The highest BCUT2D eigenvalue weighted by Gasteiger charge is 2.54. The van der Waals surface area contributed by atoms with Gasteiger partial charge in [0.2, 0.25) is 5.91 Å². The van der Waals surface area contributed by atoms with Gasteiger partial charge in [0.05, 0.1) is 18.9 Å². The van der Waals surface area contributed by atoms with Crippen molar-refractivity contribution >= 4 is 35.0 Å². The highest BCUT2D eigenvalue weighted by atomic mass is 16.5. The normalized spacial score (nSPS) is 27.5. The highest BCUT2D eigenvalue weighted by molar-refractivity contribution is 6.23. The monoisotopic (exact) mass is 501 g/mol. The van der Waals surface area contributed by atoms with E-state index in [2.05, 4.69) is 10.3 Å². The molecule has 3 aliphatic heterocycles. The van der Waals surface area contributed by atoms with Crippen molar-refractivity contribution in [2.45, 2.75) is 51.2 Å². The lowest BCUT2D eigenvalue weighted by Gasteiger charge is -2.27. The average Bonchev–Trinajstić information content (AvgIpc) is 3.71. The number of anilines is 3. The first-order chi connectivity index (χ1) is 17.8. The Hall–Kier alpha value is -3.46. The fourth-order valence-electron chi connectivity index (χ4n) is 6.07. The number of imide groups is 1. The molecule has 1 aromatic heterocycles. The number of aromatic nitrogens is 1. The topological polar surface area (TPSA) is 95.1 Å². The third-order valence-electron chi connectivity index (χ3n) is 8.67. The van der Waals surface area contributed by atoms with E-state index in [1.807, 2.05) is 35.2 Å². The van der Waals surface area contributed by atoms with Gasteiger partial charge in [-0.25, -0.2) is 14.7 Å². The minimum absolute atomic E-state index is 0.117. The van der Waals surface area contributed by atoms with E-state index < -0.39 is 5.54 Å². The maximum absolute atomic E-state index is 13.7. The molecule has 7 rings (SSSR count). The second-order valence-corrected chi connectivity index (χ2v) is 11.5. The van der Waals surface area contributed by atoms with Crippen molar-refractivity contribution in [2.75, 3.05) is 34.9 Å². The van der Waals surface area contributed by atoms with Gasteiger partial charge in [0.1, 0.15) is 11.4 Å². The number of carbonyl (C=O) groups is 3. The molecule has 0 bridgehead atoms. The highest BCUT2D eigenvalue weighted by Crippen LogP contribution is 2.46. The largest absolute Gasteiger partial charge is 0.381 e. The Bertz CT molecular complexity index is 1310. The Morgan fingerprint density at radius 3 is 2.68 bits per heavy atom. The Kier molecular flexibility index (Phi) is 4.92. The molecule has 37 heavy (non-hydrogen) atoms. The molecule has 2 aliphatic carbocycles. The number of nitrogens with one attached hydrogen (secondary N) is 1. The van der Waals surface area contributed by atoms with Gasteiger partial charge in [-0.15, -0.1) is 0 Å². The number of amides is 4. The number of carbonyl (C=O) groups excluding carboxylic acids is 3. The first kappa shape index (κ1) is 22.7. The molecule has 4 amide bonds. The van der Waals surface area contributed by atoms with E-state index in [0.717, 1.165) is 55.1 Å². The number of rotatable bonds is 6. The molecule has 9 nitrogen and oxygen atoms in total. The summed E-state index contributed by atoms with van der Waals surface area (Å²) in [7, 11) is 0. The van der Waals surface area contributed by atoms with Crippen LogP contribution in [0.15, 0.2) is 36.5 Å². The van der Waals surface area contributed by atoms with E-state index in [4.69, 9.17) is 4.74 Å². The van der Waals surface area contributed by atoms with Crippen LogP contribution in [0.3, 0.4) is 0 Å². The summed E-state index contributed by atoms with van der Waals surface area (Å²) in [5.41, 5.74) is 2.31. The van der Waals surface area contributed by atoms with Crippen LogP contribution in [0.25, 0.3) is 0 Å². The SMILES string of the molecule is CC1(C)C(=O)N(c2ccc3c(c2)N(C(=O)C2CC2)CC3)C(=O)N1Cc1ccnc(NC2[C@H]3COC[C@@H]23)c1. The van der Waals surface area contributed by atoms with Crippen LogP contribution >= 0.6 is 0 Å². The molecular weight excluding hydrogens is 470 g/mol. The van der Waals surface area contributed by atoms with Gasteiger partial charge >= 0.3 is 6.03 Å². The van der Waals surface area contributed by atoms with Crippen LogP contribution < -0.4 is 15.1 Å². The van der Waals surface area contributed by atoms with Crippen molar-refractivity contribution in [3.63, 3.8) is 0 Å². The molecule has 9 heteroatoms. The van der Waals surface area contributed by atoms with Gasteiger partial charge in [-0.05, 0) is 68.5 Å². The van der Waals surface area contributed by atoms with Crippen LogP contribution in [0.5, 0.6) is 0 Å². The minimum Gasteiger partial charge on any atom is -0.381 e. The molecule has 192 valence electrons. The van der Waals surface area contributed by atoms with E-state index in [1.165, 1.54) is 4.90 Å². The second kappa shape index (κ2) is 8.02. The Labute approximate surface area is 215 Å². The maximum Gasteiger partial charge on any atom is 0.332 e. The van der Waals surface area contributed by atoms with Crippen LogP contribution in [-0.4, -0.2) is 59.1 Å². The molecule has 1 unspecified atom stereocenters. The van der Waals surface area contributed by atoms with Gasteiger partial charge in [-0.3, -0.25) is 9.59 Å². The number of ether oxygens (including phenoxy) is 1. The van der Waals surface area contributed by atoms with Crippen molar-refractivity contribution in [1.29, 1.82) is 0 Å². The summed E-state index contributed by atoms with van der Waals surface area (Å²) < 4.78 is 5.47. The zero-order valence-electron chi connectivity index (χ0n) is 21.1. The van der Waals surface area contributed by atoms with Crippen molar-refractivity contribution in [1.82, 2.24) is 9.88 Å². The third kappa shape index (κ3) is 3.62. The molecule has 1 N–H and O–H groups in total. The molecule has 0 spiro atoms. The fourth-order valence-corrected chi connectivity index (χ4v) is 6.07. The third-order valence-corrected chi connectivity index (χ3v) is 8.67. The molecular formula is C28H31N5O4. The zero-order valence-corrected chi connectivity index (χ0v) is 21.1. The van der Waals surface area contributed by atoms with Gasteiger partial charge < -0.3 is 19.9 Å². The molecule has 2 aromatic rings. The number of fused-ring (bicyclic) bond motifs is 2. The van der Waals surface area contributed by atoms with Gasteiger partial charge in [0.15, 0.2) is 0 Å². The minimum atomic E-state index is -1.01. The second-order valence-electron chi connectivity index (χ2n) is 11.5. The molecule has 5 aliphatic rings. The summed E-state index contributed by atoms with van der Waals surface area (Å²) in [5, 5.41) is 3.50. The number of pyridine rings is 1. The smallest absolute Gasteiger partial charge is 0.332 e. The number of nitrogens with zero attached hydrogens (tertiary/aromatic N) is 4. The van der Waals surface area contributed by atoms with E-state index in [9.17, 15) is 14.4 Å². The molecule has 4 fully saturated rings. The number of hydrogen-bond acceptors (Lipinski definition) is 6. The Morgan fingerprint density at radius 1 is 1.14 bits per heavy atom. The predicted octanol–water partition coefficient (Wildman–Crippen LogP) is 3.18. The van der Waals surface area contributed by atoms with Crippen LogP contribution in [0.2, 0.25) is 0 Å². The van der Waals surface area contributed by atoms with Gasteiger partial charge in [-0.1, -0.05) is 6.07 Å². The van der Waals surface area contributed by atoms with Gasteiger partial charge in [0.25, 0.3) is 5.91 Å². The summed E-state index contributed by atoms with van der Waals surface area (Å²) in [6.45, 7) is 6.12. The van der Waals surface area contributed by atoms with Crippen LogP contribution in [0.4, 0.5) is 22.0 Å². The standard InChI is InChI=1S/C28H31N5O4/c1-28(2)26(35)33(19-6-5-17-8-10-31(22(17)12-19)25(34)18-3-4-18)27(36)32(28)13-16-7-9-29-23(11-16)30-24-20-14-37-15-21(20)24/h5-7,9,11-12,18,20-21,24H,3-4,8,10,13-15H2,1-2H3,(H,29,30)/t20-,21+,24?. The average molecular weight is 502 g/mol. The summed E-state index contributed by atoms with van der Waals surface area (Å²) >= 11 is 0. The quantitative estimate of drug-likeness (QED) is 0.611.